The molecule has 4 rings (SSSR count). The van der Waals surface area contributed by atoms with Crippen molar-refractivity contribution in [2.75, 3.05) is 25.0 Å². The number of aliphatic hydroxyl groups excluding tert-OH is 1. The Bertz CT molecular complexity index is 721. The summed E-state index contributed by atoms with van der Waals surface area (Å²) < 4.78 is 0. The fourth-order valence-corrected chi connectivity index (χ4v) is 4.44. The molecular formula is C19H23N3O2S. The molecule has 2 atom stereocenters. The highest BCUT2D eigenvalue weighted by molar-refractivity contribution is 7.16. The average Bonchev–Trinajstić information content (AvgIpc) is 3.26. The molecule has 0 bridgehead atoms. The van der Waals surface area contributed by atoms with Crippen LogP contribution in [0.1, 0.15) is 35.4 Å². The van der Waals surface area contributed by atoms with Crippen LogP contribution in [0.3, 0.4) is 0 Å². The number of benzene rings is 1. The molecule has 0 aliphatic carbocycles. The van der Waals surface area contributed by atoms with Gasteiger partial charge in [0.1, 0.15) is 6.23 Å². The van der Waals surface area contributed by atoms with E-state index in [0.29, 0.717) is 5.92 Å². The predicted octanol–water partition coefficient (Wildman–Crippen LogP) is 2.53. The van der Waals surface area contributed by atoms with Crippen molar-refractivity contribution in [3.05, 3.63) is 52.9 Å². The van der Waals surface area contributed by atoms with Crippen LogP contribution >= 0.6 is 11.3 Å². The molecule has 2 aliphatic heterocycles. The number of rotatable bonds is 5. The van der Waals surface area contributed by atoms with Crippen LogP contribution in [0.4, 0.5) is 5.00 Å². The Hall–Kier alpha value is -1.73. The van der Waals surface area contributed by atoms with Crippen LogP contribution in [0.5, 0.6) is 0 Å². The number of likely N-dealkylation sites (tertiary alicyclic amines) is 1. The maximum atomic E-state index is 12.2. The van der Waals surface area contributed by atoms with E-state index in [1.807, 2.05) is 18.2 Å². The molecule has 1 aromatic carbocycles. The van der Waals surface area contributed by atoms with Crippen molar-refractivity contribution in [2.45, 2.75) is 31.0 Å². The Balaban J connectivity index is 1.32. The van der Waals surface area contributed by atoms with Crippen molar-refractivity contribution in [1.82, 2.24) is 10.2 Å². The molecule has 2 saturated heterocycles. The molecule has 3 heterocycles. The molecule has 2 aliphatic rings. The second-order valence-electron chi connectivity index (χ2n) is 6.78. The fourth-order valence-electron chi connectivity index (χ4n) is 3.50. The van der Waals surface area contributed by atoms with Gasteiger partial charge in [0.15, 0.2) is 0 Å². The Morgan fingerprint density at radius 3 is 2.76 bits per heavy atom. The SMILES string of the molecule is O=C(Nc1ccc(C(O)N2CC(c3ccccc3)C2)s1)[C@@H]1CCCN1. The summed E-state index contributed by atoms with van der Waals surface area (Å²) in [5, 5.41) is 17.5. The van der Waals surface area contributed by atoms with Crippen LogP contribution in [-0.2, 0) is 4.79 Å². The first kappa shape index (κ1) is 16.7. The first-order valence-corrected chi connectivity index (χ1v) is 9.63. The molecule has 2 fully saturated rings. The van der Waals surface area contributed by atoms with E-state index in [2.05, 4.69) is 39.8 Å². The van der Waals surface area contributed by atoms with Crippen molar-refractivity contribution in [1.29, 1.82) is 0 Å². The predicted molar refractivity (Wildman–Crippen MR) is 99.7 cm³/mol. The van der Waals surface area contributed by atoms with Crippen molar-refractivity contribution in [2.24, 2.45) is 0 Å². The third-order valence-electron chi connectivity index (χ3n) is 5.03. The van der Waals surface area contributed by atoms with E-state index >= 15 is 0 Å². The lowest BCUT2D eigenvalue weighted by Gasteiger charge is -2.42. The summed E-state index contributed by atoms with van der Waals surface area (Å²) in [7, 11) is 0. The molecule has 25 heavy (non-hydrogen) atoms. The van der Waals surface area contributed by atoms with Gasteiger partial charge in [-0.25, -0.2) is 0 Å². The number of carbonyl (C=O) groups excluding carboxylic acids is 1. The second kappa shape index (κ2) is 7.25. The summed E-state index contributed by atoms with van der Waals surface area (Å²) in [5.41, 5.74) is 1.33. The molecule has 3 N–H and O–H groups in total. The van der Waals surface area contributed by atoms with Gasteiger partial charge < -0.3 is 15.7 Å². The van der Waals surface area contributed by atoms with Gasteiger partial charge in [0.25, 0.3) is 0 Å². The van der Waals surface area contributed by atoms with Gasteiger partial charge in [-0.3, -0.25) is 9.69 Å². The standard InChI is InChI=1S/C19H23N3O2S/c23-18(15-7-4-10-20-15)21-17-9-8-16(25-17)19(24)22-11-14(12-22)13-5-2-1-3-6-13/h1-3,5-6,8-9,14-15,19-20,24H,4,7,10-12H2,(H,21,23)/t15-,19?/m0/s1. The van der Waals surface area contributed by atoms with E-state index in [1.54, 1.807) is 0 Å². The van der Waals surface area contributed by atoms with Crippen molar-refractivity contribution in [3.63, 3.8) is 0 Å². The number of hydrogen-bond donors (Lipinski definition) is 3. The summed E-state index contributed by atoms with van der Waals surface area (Å²) in [6.07, 6.45) is 1.34. The van der Waals surface area contributed by atoms with Crippen molar-refractivity contribution < 1.29 is 9.90 Å². The lowest BCUT2D eigenvalue weighted by Crippen LogP contribution is -2.46. The topological polar surface area (TPSA) is 64.6 Å². The Labute approximate surface area is 151 Å². The third-order valence-corrected chi connectivity index (χ3v) is 6.07. The number of carbonyl (C=O) groups is 1. The summed E-state index contributed by atoms with van der Waals surface area (Å²) >= 11 is 1.45. The molecule has 0 spiro atoms. The van der Waals surface area contributed by atoms with Gasteiger partial charge in [-0.2, -0.15) is 0 Å². The smallest absolute Gasteiger partial charge is 0.242 e. The lowest BCUT2D eigenvalue weighted by molar-refractivity contribution is -0.117. The van der Waals surface area contributed by atoms with Crippen LogP contribution in [-0.4, -0.2) is 41.6 Å². The summed E-state index contributed by atoms with van der Waals surface area (Å²) in [6.45, 7) is 2.62. The Kier molecular flexibility index (Phi) is 4.85. The highest BCUT2D eigenvalue weighted by atomic mass is 32.1. The zero-order chi connectivity index (χ0) is 17.2. The number of nitrogens with one attached hydrogen (secondary N) is 2. The van der Waals surface area contributed by atoms with E-state index in [4.69, 9.17) is 0 Å². The van der Waals surface area contributed by atoms with E-state index in [1.165, 1.54) is 16.9 Å². The highest BCUT2D eigenvalue weighted by Crippen LogP contribution is 2.36. The fraction of sp³-hybridized carbons (Fsp3) is 0.421. The molecule has 5 nitrogen and oxygen atoms in total. The van der Waals surface area contributed by atoms with E-state index in [0.717, 1.165) is 42.4 Å². The van der Waals surface area contributed by atoms with Gasteiger partial charge in [-0.15, -0.1) is 11.3 Å². The largest absolute Gasteiger partial charge is 0.373 e. The third kappa shape index (κ3) is 3.62. The van der Waals surface area contributed by atoms with E-state index in [-0.39, 0.29) is 11.9 Å². The molecular weight excluding hydrogens is 334 g/mol. The van der Waals surface area contributed by atoms with Gasteiger partial charge in [0.2, 0.25) is 5.91 Å². The summed E-state index contributed by atoms with van der Waals surface area (Å²) in [4.78, 5) is 15.1. The Morgan fingerprint density at radius 2 is 2.04 bits per heavy atom. The minimum atomic E-state index is -0.597. The van der Waals surface area contributed by atoms with Gasteiger partial charge in [0.05, 0.1) is 15.9 Å². The average molecular weight is 357 g/mol. The number of amides is 1. The molecule has 2 aromatic rings. The first-order valence-electron chi connectivity index (χ1n) is 8.82. The summed E-state index contributed by atoms with van der Waals surface area (Å²) in [6, 6.07) is 14.1. The zero-order valence-corrected chi connectivity index (χ0v) is 14.8. The zero-order valence-electron chi connectivity index (χ0n) is 14.0. The normalized spacial score (nSPS) is 22.5. The Morgan fingerprint density at radius 1 is 1.24 bits per heavy atom. The van der Waals surface area contributed by atoms with Crippen LogP contribution in [0.2, 0.25) is 0 Å². The number of nitrogens with zero attached hydrogens (tertiary/aromatic N) is 1. The van der Waals surface area contributed by atoms with Crippen LogP contribution in [0.15, 0.2) is 42.5 Å². The van der Waals surface area contributed by atoms with Gasteiger partial charge in [-0.05, 0) is 37.1 Å². The molecule has 6 heteroatoms. The minimum absolute atomic E-state index is 0.0217. The number of anilines is 1. The molecule has 1 unspecified atom stereocenters. The minimum Gasteiger partial charge on any atom is -0.373 e. The van der Waals surface area contributed by atoms with Gasteiger partial charge >= 0.3 is 0 Å². The maximum Gasteiger partial charge on any atom is 0.242 e. The van der Waals surface area contributed by atoms with Crippen LogP contribution in [0, 0.1) is 0 Å². The molecule has 1 amide bonds. The molecule has 132 valence electrons. The highest BCUT2D eigenvalue weighted by Gasteiger charge is 2.33. The first-order chi connectivity index (χ1) is 12.2. The number of thiophene rings is 1. The number of aliphatic hydroxyl groups is 1. The van der Waals surface area contributed by atoms with Crippen LogP contribution < -0.4 is 10.6 Å². The van der Waals surface area contributed by atoms with Crippen molar-refractivity contribution >= 4 is 22.2 Å². The van der Waals surface area contributed by atoms with E-state index in [9.17, 15) is 9.90 Å². The summed E-state index contributed by atoms with van der Waals surface area (Å²) in [5.74, 6) is 0.511. The van der Waals surface area contributed by atoms with Gasteiger partial charge in [0, 0.05) is 19.0 Å². The van der Waals surface area contributed by atoms with Crippen LogP contribution in [0.25, 0.3) is 0 Å². The number of hydrogen-bond acceptors (Lipinski definition) is 5. The maximum absolute atomic E-state index is 12.2. The molecule has 0 radical (unpaired) electrons. The lowest BCUT2D eigenvalue weighted by atomic mass is 9.91. The monoisotopic (exact) mass is 357 g/mol. The van der Waals surface area contributed by atoms with Gasteiger partial charge in [-0.1, -0.05) is 30.3 Å². The van der Waals surface area contributed by atoms with Crippen molar-refractivity contribution in [3.8, 4) is 0 Å². The van der Waals surface area contributed by atoms with E-state index < -0.39 is 6.23 Å². The quantitative estimate of drug-likeness (QED) is 0.769. The second-order valence-corrected chi connectivity index (χ2v) is 7.89. The molecule has 1 aromatic heterocycles. The molecule has 0 saturated carbocycles.